The number of aliphatic imine (C=N–C) groups is 1. The minimum atomic E-state index is 0.00632. The lowest BCUT2D eigenvalue weighted by Crippen LogP contribution is -2.47. The van der Waals surface area contributed by atoms with Gasteiger partial charge in [0.2, 0.25) is 5.91 Å². The summed E-state index contributed by atoms with van der Waals surface area (Å²) in [4.78, 5) is 20.5. The summed E-state index contributed by atoms with van der Waals surface area (Å²) in [5.74, 6) is 0.734. The third kappa shape index (κ3) is 7.21. The van der Waals surface area contributed by atoms with Crippen molar-refractivity contribution in [2.24, 2.45) is 4.99 Å². The summed E-state index contributed by atoms with van der Waals surface area (Å²) in [7, 11) is 3.51. The zero-order valence-corrected chi connectivity index (χ0v) is 17.2. The normalized spacial score (nSPS) is 19.0. The van der Waals surface area contributed by atoms with E-state index < -0.39 is 0 Å². The molecule has 0 aromatic heterocycles. The molecule has 0 radical (unpaired) electrons. The summed E-state index contributed by atoms with van der Waals surface area (Å²) in [5, 5.41) is 6.86. The average molecular weight is 374 g/mol. The number of nitrogens with one attached hydrogen (secondary N) is 2. The van der Waals surface area contributed by atoms with Crippen LogP contribution in [-0.2, 0) is 11.3 Å². The highest BCUT2D eigenvalue weighted by Gasteiger charge is 2.24. The minimum absolute atomic E-state index is 0.00632. The molecule has 1 aromatic carbocycles. The number of nitrogens with zero attached hydrogens (tertiary/aromatic N) is 3. The Labute approximate surface area is 164 Å². The molecule has 2 atom stereocenters. The van der Waals surface area contributed by atoms with Gasteiger partial charge >= 0.3 is 0 Å². The smallest absolute Gasteiger partial charge is 0.243 e. The lowest BCUT2D eigenvalue weighted by Gasteiger charge is -2.26. The quantitative estimate of drug-likeness (QED) is 0.541. The third-order valence-corrected chi connectivity index (χ3v) is 5.10. The largest absolute Gasteiger partial charge is 0.355 e. The van der Waals surface area contributed by atoms with E-state index in [4.69, 9.17) is 0 Å². The van der Waals surface area contributed by atoms with Crippen molar-refractivity contribution in [3.8, 4) is 0 Å². The zero-order valence-electron chi connectivity index (χ0n) is 17.2. The Kier molecular flexibility index (Phi) is 8.58. The number of likely N-dealkylation sites (tertiary alicyclic amines) is 1. The molecule has 27 heavy (non-hydrogen) atoms. The number of carbonyl (C=O) groups excluding carboxylic acids is 1. The molecule has 0 aliphatic carbocycles. The van der Waals surface area contributed by atoms with Crippen LogP contribution < -0.4 is 10.6 Å². The highest BCUT2D eigenvalue weighted by molar-refractivity contribution is 5.84. The fraction of sp³-hybridized carbons (Fsp3) is 0.619. The number of carbonyl (C=O) groups is 1. The maximum absolute atomic E-state index is 11.9. The van der Waals surface area contributed by atoms with E-state index >= 15 is 0 Å². The summed E-state index contributed by atoms with van der Waals surface area (Å²) in [6.45, 7) is 7.38. The predicted octanol–water partition coefficient (Wildman–Crippen LogP) is 2.07. The fourth-order valence-electron chi connectivity index (χ4n) is 3.14. The molecular formula is C21H35N5O. The summed E-state index contributed by atoms with van der Waals surface area (Å²) >= 11 is 0. The first-order valence-electron chi connectivity index (χ1n) is 10.0. The van der Waals surface area contributed by atoms with Crippen LogP contribution in [0, 0.1) is 0 Å². The van der Waals surface area contributed by atoms with E-state index in [1.165, 1.54) is 18.4 Å². The molecule has 150 valence electrons. The van der Waals surface area contributed by atoms with Crippen LogP contribution in [0.2, 0.25) is 0 Å². The molecule has 6 heteroatoms. The van der Waals surface area contributed by atoms with Gasteiger partial charge < -0.3 is 15.5 Å². The van der Waals surface area contributed by atoms with Gasteiger partial charge in [-0.3, -0.25) is 9.69 Å². The van der Waals surface area contributed by atoms with E-state index in [2.05, 4.69) is 64.7 Å². The second kappa shape index (κ2) is 10.9. The second-order valence-electron chi connectivity index (χ2n) is 7.54. The molecule has 0 saturated carbocycles. The predicted molar refractivity (Wildman–Crippen MR) is 112 cm³/mol. The first-order valence-corrected chi connectivity index (χ1v) is 10.0. The van der Waals surface area contributed by atoms with Crippen LogP contribution in [0.1, 0.15) is 38.7 Å². The van der Waals surface area contributed by atoms with Gasteiger partial charge in [-0.25, -0.2) is 4.99 Å². The molecule has 1 amide bonds. The van der Waals surface area contributed by atoms with E-state index in [-0.39, 0.29) is 12.5 Å². The van der Waals surface area contributed by atoms with Gasteiger partial charge in [0.15, 0.2) is 5.96 Å². The molecule has 1 aliphatic heterocycles. The van der Waals surface area contributed by atoms with Crippen molar-refractivity contribution in [3.63, 3.8) is 0 Å². The van der Waals surface area contributed by atoms with Crippen LogP contribution in [0.15, 0.2) is 35.3 Å². The molecule has 2 unspecified atom stereocenters. The van der Waals surface area contributed by atoms with E-state index in [0.29, 0.717) is 12.1 Å². The Balaban J connectivity index is 1.93. The van der Waals surface area contributed by atoms with Gasteiger partial charge in [0.25, 0.3) is 0 Å². The number of rotatable bonds is 8. The van der Waals surface area contributed by atoms with Crippen LogP contribution in [0.25, 0.3) is 0 Å². The van der Waals surface area contributed by atoms with E-state index in [1.807, 2.05) is 0 Å². The SMILES string of the molecule is CCC(C)NC(=NCC(=O)N(C)C)NCC1CCCN1Cc1ccccc1. The van der Waals surface area contributed by atoms with Crippen molar-refractivity contribution in [2.75, 3.05) is 33.7 Å². The van der Waals surface area contributed by atoms with Crippen molar-refractivity contribution in [1.82, 2.24) is 20.4 Å². The van der Waals surface area contributed by atoms with Gasteiger partial charge in [0.1, 0.15) is 6.54 Å². The number of benzene rings is 1. The average Bonchev–Trinajstić information content (AvgIpc) is 3.11. The van der Waals surface area contributed by atoms with Crippen LogP contribution in [0.4, 0.5) is 0 Å². The van der Waals surface area contributed by atoms with Crippen LogP contribution >= 0.6 is 0 Å². The van der Waals surface area contributed by atoms with Crippen molar-refractivity contribution < 1.29 is 4.79 Å². The van der Waals surface area contributed by atoms with Crippen molar-refractivity contribution in [2.45, 2.75) is 51.7 Å². The first kappa shape index (κ1) is 21.2. The number of hydrogen-bond donors (Lipinski definition) is 2. The molecule has 1 heterocycles. The van der Waals surface area contributed by atoms with Gasteiger partial charge in [0.05, 0.1) is 0 Å². The Morgan fingerprint density at radius 2 is 2.07 bits per heavy atom. The second-order valence-corrected chi connectivity index (χ2v) is 7.54. The van der Waals surface area contributed by atoms with Gasteiger partial charge in [-0.15, -0.1) is 0 Å². The molecule has 0 bridgehead atoms. The maximum Gasteiger partial charge on any atom is 0.243 e. The molecule has 1 saturated heterocycles. The summed E-state index contributed by atoms with van der Waals surface area (Å²) < 4.78 is 0. The molecular weight excluding hydrogens is 338 g/mol. The third-order valence-electron chi connectivity index (χ3n) is 5.10. The van der Waals surface area contributed by atoms with Crippen LogP contribution in [0.3, 0.4) is 0 Å². The number of hydrogen-bond acceptors (Lipinski definition) is 3. The molecule has 2 rings (SSSR count). The Bertz CT molecular complexity index is 602. The van der Waals surface area contributed by atoms with Crippen molar-refractivity contribution in [3.05, 3.63) is 35.9 Å². The molecule has 0 spiro atoms. The monoisotopic (exact) mass is 373 g/mol. The minimum Gasteiger partial charge on any atom is -0.355 e. The van der Waals surface area contributed by atoms with E-state index in [0.717, 1.165) is 32.0 Å². The molecule has 1 aromatic rings. The molecule has 2 N–H and O–H groups in total. The van der Waals surface area contributed by atoms with Crippen LogP contribution in [-0.4, -0.2) is 67.5 Å². The molecule has 1 aliphatic rings. The van der Waals surface area contributed by atoms with Gasteiger partial charge in [-0.2, -0.15) is 0 Å². The Morgan fingerprint density at radius 3 is 2.74 bits per heavy atom. The topological polar surface area (TPSA) is 60.0 Å². The Hall–Kier alpha value is -2.08. The van der Waals surface area contributed by atoms with Gasteiger partial charge in [-0.05, 0) is 38.3 Å². The number of guanidine groups is 1. The molecule has 6 nitrogen and oxygen atoms in total. The summed E-state index contributed by atoms with van der Waals surface area (Å²) in [6, 6.07) is 11.4. The molecule has 1 fully saturated rings. The van der Waals surface area contributed by atoms with Gasteiger partial charge in [-0.1, -0.05) is 37.3 Å². The highest BCUT2D eigenvalue weighted by atomic mass is 16.2. The summed E-state index contributed by atoms with van der Waals surface area (Å²) in [5.41, 5.74) is 1.35. The standard InChI is InChI=1S/C21H35N5O/c1-5-17(2)24-21(23-15-20(27)25(3)4)22-14-19-12-9-13-26(19)16-18-10-7-6-8-11-18/h6-8,10-11,17,19H,5,9,12-16H2,1-4H3,(H2,22,23,24). The van der Waals surface area contributed by atoms with E-state index in [1.54, 1.807) is 19.0 Å². The lowest BCUT2D eigenvalue weighted by molar-refractivity contribution is -0.127. The maximum atomic E-state index is 11.9. The van der Waals surface area contributed by atoms with Crippen LogP contribution in [0.5, 0.6) is 0 Å². The lowest BCUT2D eigenvalue weighted by atomic mass is 10.2. The zero-order chi connectivity index (χ0) is 19.6. The van der Waals surface area contributed by atoms with Crippen molar-refractivity contribution in [1.29, 1.82) is 0 Å². The summed E-state index contributed by atoms with van der Waals surface area (Å²) in [6.07, 6.45) is 3.42. The highest BCUT2D eigenvalue weighted by Crippen LogP contribution is 2.19. The van der Waals surface area contributed by atoms with Gasteiger partial charge in [0, 0.05) is 39.3 Å². The first-order chi connectivity index (χ1) is 13.0. The number of amides is 1. The number of likely N-dealkylation sites (N-methyl/N-ethyl adjacent to an activating group) is 1. The Morgan fingerprint density at radius 1 is 1.33 bits per heavy atom. The van der Waals surface area contributed by atoms with Crippen molar-refractivity contribution >= 4 is 11.9 Å². The fourth-order valence-corrected chi connectivity index (χ4v) is 3.14. The van der Waals surface area contributed by atoms with E-state index in [9.17, 15) is 4.79 Å².